The summed E-state index contributed by atoms with van der Waals surface area (Å²) in [5.41, 5.74) is 1.21. The van der Waals surface area contributed by atoms with Gasteiger partial charge in [-0.3, -0.25) is 0 Å². The van der Waals surface area contributed by atoms with Crippen molar-refractivity contribution in [2.45, 2.75) is 25.4 Å². The first-order chi connectivity index (χ1) is 12.3. The number of nitrogens with one attached hydrogen (secondary N) is 2. The third-order valence-corrected chi connectivity index (χ3v) is 5.34. The Labute approximate surface area is 149 Å². The van der Waals surface area contributed by atoms with Crippen LogP contribution in [0.2, 0.25) is 0 Å². The van der Waals surface area contributed by atoms with Gasteiger partial charge in [0.15, 0.2) is 0 Å². The Kier molecular flexibility index (Phi) is 4.78. The normalized spacial score (nSPS) is 20.8. The maximum Gasteiger partial charge on any atom is 0.142 e. The van der Waals surface area contributed by atoms with E-state index in [1.54, 1.807) is 7.11 Å². The topological polar surface area (TPSA) is 54.4 Å². The molecule has 0 spiro atoms. The molecule has 1 saturated heterocycles. The molecule has 4 rings (SSSR count). The van der Waals surface area contributed by atoms with Gasteiger partial charge in [0.1, 0.15) is 11.6 Å². The highest BCUT2D eigenvalue weighted by Gasteiger charge is 2.23. The van der Waals surface area contributed by atoms with E-state index in [1.807, 2.05) is 24.4 Å². The Hall–Kier alpha value is -2.21. The van der Waals surface area contributed by atoms with Crippen LogP contribution in [0.3, 0.4) is 0 Å². The van der Waals surface area contributed by atoms with Crippen molar-refractivity contribution in [2.75, 3.05) is 43.5 Å². The Morgan fingerprint density at radius 2 is 2.08 bits per heavy atom. The van der Waals surface area contributed by atoms with Crippen molar-refractivity contribution in [2.24, 2.45) is 5.92 Å². The Morgan fingerprint density at radius 1 is 1.24 bits per heavy atom. The summed E-state index contributed by atoms with van der Waals surface area (Å²) in [7, 11) is 1.75. The highest BCUT2D eigenvalue weighted by molar-refractivity contribution is 5.58. The molecule has 2 N–H and O–H groups in total. The lowest BCUT2D eigenvalue weighted by molar-refractivity contribution is 0.341. The number of nitrogens with zero attached hydrogens (tertiary/aromatic N) is 3. The van der Waals surface area contributed by atoms with Crippen LogP contribution in [0.15, 0.2) is 36.5 Å². The predicted molar refractivity (Wildman–Crippen MR) is 100 cm³/mol. The van der Waals surface area contributed by atoms with Crippen LogP contribution in [-0.2, 0) is 6.54 Å². The van der Waals surface area contributed by atoms with Crippen LogP contribution in [0.25, 0.3) is 0 Å². The van der Waals surface area contributed by atoms with Crippen LogP contribution in [0.4, 0.5) is 11.5 Å². The molecule has 134 valence electrons. The quantitative estimate of drug-likeness (QED) is 0.873. The summed E-state index contributed by atoms with van der Waals surface area (Å²) in [6.07, 6.45) is 4.21. The molecule has 1 aromatic heterocycles. The number of para-hydroxylation sites is 2. The lowest BCUT2D eigenvalue weighted by Crippen LogP contribution is -2.45. The van der Waals surface area contributed by atoms with Gasteiger partial charge in [0, 0.05) is 50.7 Å². The Bertz CT molecular complexity index is 693. The van der Waals surface area contributed by atoms with Crippen LogP contribution in [-0.4, -0.2) is 49.1 Å². The van der Waals surface area contributed by atoms with Gasteiger partial charge in [-0.25, -0.2) is 4.68 Å². The second kappa shape index (κ2) is 7.35. The lowest BCUT2D eigenvalue weighted by Gasteiger charge is -2.35. The number of piperidine rings is 1. The highest BCUT2D eigenvalue weighted by atomic mass is 16.5. The number of benzene rings is 1. The van der Waals surface area contributed by atoms with E-state index in [0.717, 1.165) is 44.3 Å². The van der Waals surface area contributed by atoms with E-state index < -0.39 is 0 Å². The number of hydrogen-bond acceptors (Lipinski definition) is 5. The van der Waals surface area contributed by atoms with Crippen molar-refractivity contribution in [3.05, 3.63) is 36.5 Å². The fourth-order valence-electron chi connectivity index (χ4n) is 3.87. The van der Waals surface area contributed by atoms with Crippen molar-refractivity contribution in [3.8, 4) is 5.75 Å². The molecular weight excluding hydrogens is 314 g/mol. The van der Waals surface area contributed by atoms with Crippen molar-refractivity contribution in [1.29, 1.82) is 0 Å². The summed E-state index contributed by atoms with van der Waals surface area (Å²) in [5, 5.41) is 11.6. The minimum absolute atomic E-state index is 0.597. The van der Waals surface area contributed by atoms with Crippen molar-refractivity contribution < 1.29 is 4.74 Å². The van der Waals surface area contributed by atoms with Gasteiger partial charge in [-0.05, 0) is 25.0 Å². The largest absolute Gasteiger partial charge is 0.495 e. The standard InChI is InChI=1S/C19H27N5O/c1-25-18-5-3-2-4-17(18)23-10-7-16(8-11-23)20-12-15-13-21-19-6-9-22-24(19)14-15/h2-6,9,15-16,20-21H,7-8,10-14H2,1H3/t15-/m0/s1. The molecule has 3 heterocycles. The first-order valence-electron chi connectivity index (χ1n) is 9.20. The van der Waals surface area contributed by atoms with Gasteiger partial charge in [0.25, 0.3) is 0 Å². The Morgan fingerprint density at radius 3 is 2.92 bits per heavy atom. The van der Waals surface area contributed by atoms with E-state index in [4.69, 9.17) is 4.74 Å². The molecule has 1 aromatic carbocycles. The molecule has 0 unspecified atom stereocenters. The molecule has 1 atom stereocenters. The minimum Gasteiger partial charge on any atom is -0.495 e. The Balaban J connectivity index is 1.25. The average molecular weight is 341 g/mol. The van der Waals surface area contributed by atoms with Crippen LogP contribution < -0.4 is 20.3 Å². The monoisotopic (exact) mass is 341 g/mol. The van der Waals surface area contributed by atoms with Crippen molar-refractivity contribution in [3.63, 3.8) is 0 Å². The number of anilines is 2. The molecule has 2 aliphatic heterocycles. The molecule has 0 aliphatic carbocycles. The molecule has 25 heavy (non-hydrogen) atoms. The predicted octanol–water partition coefficient (Wildman–Crippen LogP) is 2.19. The second-order valence-electron chi connectivity index (χ2n) is 6.99. The zero-order valence-electron chi connectivity index (χ0n) is 14.8. The summed E-state index contributed by atoms with van der Waals surface area (Å²) in [6.45, 7) is 5.22. The van der Waals surface area contributed by atoms with E-state index in [0.29, 0.717) is 12.0 Å². The van der Waals surface area contributed by atoms with E-state index in [1.165, 1.54) is 18.5 Å². The minimum atomic E-state index is 0.597. The van der Waals surface area contributed by atoms with Crippen molar-refractivity contribution >= 4 is 11.5 Å². The number of methoxy groups -OCH3 is 1. The fourth-order valence-corrected chi connectivity index (χ4v) is 3.87. The molecular formula is C19H27N5O. The summed E-state index contributed by atoms with van der Waals surface area (Å²) in [4.78, 5) is 2.44. The molecule has 0 saturated carbocycles. The van der Waals surface area contributed by atoms with Crippen LogP contribution >= 0.6 is 0 Å². The van der Waals surface area contributed by atoms with Gasteiger partial charge in [0.05, 0.1) is 19.0 Å². The maximum absolute atomic E-state index is 5.50. The lowest BCUT2D eigenvalue weighted by atomic mass is 10.0. The van der Waals surface area contributed by atoms with Gasteiger partial charge in [0.2, 0.25) is 0 Å². The number of ether oxygens (including phenoxy) is 1. The summed E-state index contributed by atoms with van der Waals surface area (Å²) < 4.78 is 7.57. The highest BCUT2D eigenvalue weighted by Crippen LogP contribution is 2.29. The zero-order chi connectivity index (χ0) is 17.1. The van der Waals surface area contributed by atoms with Gasteiger partial charge in [-0.1, -0.05) is 12.1 Å². The van der Waals surface area contributed by atoms with Crippen LogP contribution in [0, 0.1) is 5.92 Å². The molecule has 2 aliphatic rings. The van der Waals surface area contributed by atoms with Gasteiger partial charge in [-0.15, -0.1) is 0 Å². The fraction of sp³-hybridized carbons (Fsp3) is 0.526. The average Bonchev–Trinajstić information content (AvgIpc) is 3.14. The molecule has 0 radical (unpaired) electrons. The molecule has 6 nitrogen and oxygen atoms in total. The second-order valence-corrected chi connectivity index (χ2v) is 6.99. The van der Waals surface area contributed by atoms with E-state index in [9.17, 15) is 0 Å². The molecule has 0 bridgehead atoms. The number of hydrogen-bond donors (Lipinski definition) is 2. The molecule has 0 amide bonds. The summed E-state index contributed by atoms with van der Waals surface area (Å²) in [5.74, 6) is 2.71. The van der Waals surface area contributed by atoms with Crippen LogP contribution in [0.1, 0.15) is 12.8 Å². The first-order valence-corrected chi connectivity index (χ1v) is 9.20. The zero-order valence-corrected chi connectivity index (χ0v) is 14.8. The van der Waals surface area contributed by atoms with Gasteiger partial charge < -0.3 is 20.3 Å². The van der Waals surface area contributed by atoms with Crippen LogP contribution in [0.5, 0.6) is 5.75 Å². The number of rotatable bonds is 5. The third kappa shape index (κ3) is 3.58. The van der Waals surface area contributed by atoms with Crippen molar-refractivity contribution in [1.82, 2.24) is 15.1 Å². The number of aromatic nitrogens is 2. The third-order valence-electron chi connectivity index (χ3n) is 5.34. The summed E-state index contributed by atoms with van der Waals surface area (Å²) >= 11 is 0. The first kappa shape index (κ1) is 16.3. The van der Waals surface area contributed by atoms with Gasteiger partial charge in [-0.2, -0.15) is 5.10 Å². The number of fused-ring (bicyclic) bond motifs is 1. The summed E-state index contributed by atoms with van der Waals surface area (Å²) in [6, 6.07) is 10.9. The van der Waals surface area contributed by atoms with E-state index in [-0.39, 0.29) is 0 Å². The SMILES string of the molecule is COc1ccccc1N1CCC(NC[C@H]2CNc3ccnn3C2)CC1. The molecule has 6 heteroatoms. The van der Waals surface area contributed by atoms with E-state index in [2.05, 4.69) is 37.4 Å². The van der Waals surface area contributed by atoms with Gasteiger partial charge >= 0.3 is 0 Å². The maximum atomic E-state index is 5.50. The smallest absolute Gasteiger partial charge is 0.142 e. The molecule has 2 aromatic rings. The van der Waals surface area contributed by atoms with E-state index >= 15 is 0 Å². The molecule has 1 fully saturated rings.